The summed E-state index contributed by atoms with van der Waals surface area (Å²) in [7, 11) is 0. The smallest absolute Gasteiger partial charge is 0.347 e. The second kappa shape index (κ2) is 4.77. The molecule has 0 heterocycles. The third-order valence-corrected chi connectivity index (χ3v) is 2.40. The van der Waals surface area contributed by atoms with Crippen molar-refractivity contribution in [1.82, 2.24) is 0 Å². The minimum absolute atomic E-state index is 0.0184. The molecule has 0 saturated heterocycles. The lowest BCUT2D eigenvalue weighted by Gasteiger charge is -2.07. The van der Waals surface area contributed by atoms with Gasteiger partial charge in [0, 0.05) is 0 Å². The summed E-state index contributed by atoms with van der Waals surface area (Å²) in [6.45, 7) is 0. The van der Waals surface area contributed by atoms with Gasteiger partial charge in [0.1, 0.15) is 17.1 Å². The third-order valence-electron chi connectivity index (χ3n) is 2.40. The van der Waals surface area contributed by atoms with Crippen LogP contribution in [-0.2, 0) is 0 Å². The fourth-order valence-electron chi connectivity index (χ4n) is 1.41. The van der Waals surface area contributed by atoms with Crippen LogP contribution >= 0.6 is 0 Å². The number of ether oxygens (including phenoxy) is 1. The summed E-state index contributed by atoms with van der Waals surface area (Å²) in [6, 6.07) is 7.57. The third kappa shape index (κ3) is 2.52. The lowest BCUT2D eigenvalue weighted by atomic mass is 10.1. The molecule has 6 heteroatoms. The molecular weight excluding hydrogens is 252 g/mol. The van der Waals surface area contributed by atoms with Crippen molar-refractivity contribution in [3.05, 3.63) is 42.0 Å². The van der Waals surface area contributed by atoms with Gasteiger partial charge in [-0.3, -0.25) is 0 Å². The molecule has 98 valence electrons. The maximum Gasteiger partial charge on any atom is 0.347 e. The van der Waals surface area contributed by atoms with E-state index in [4.69, 9.17) is 14.9 Å². The highest BCUT2D eigenvalue weighted by atomic mass is 16.5. The van der Waals surface area contributed by atoms with Gasteiger partial charge in [0.15, 0.2) is 11.5 Å². The number of rotatable bonds is 2. The minimum Gasteiger partial charge on any atom is -0.508 e. The SMILES string of the molecule is O=C(Oc1ccc(O)cc1)c1ccc(O)c(O)c1O. The maximum absolute atomic E-state index is 11.7. The Kier molecular flexibility index (Phi) is 3.15. The number of phenolic OH excluding ortho intramolecular Hbond substituents is 4. The Bertz CT molecular complexity index is 618. The highest BCUT2D eigenvalue weighted by molar-refractivity contribution is 5.95. The predicted molar refractivity (Wildman–Crippen MR) is 64.5 cm³/mol. The summed E-state index contributed by atoms with van der Waals surface area (Å²) in [5.41, 5.74) is -0.289. The van der Waals surface area contributed by atoms with Gasteiger partial charge in [-0.1, -0.05) is 0 Å². The molecule has 2 aromatic rings. The van der Waals surface area contributed by atoms with E-state index in [-0.39, 0.29) is 17.1 Å². The van der Waals surface area contributed by atoms with Gasteiger partial charge >= 0.3 is 5.97 Å². The van der Waals surface area contributed by atoms with Crippen LogP contribution in [0.25, 0.3) is 0 Å². The van der Waals surface area contributed by atoms with Crippen LogP contribution in [0.4, 0.5) is 0 Å². The second-order valence-corrected chi connectivity index (χ2v) is 3.71. The van der Waals surface area contributed by atoms with E-state index in [0.29, 0.717) is 0 Å². The largest absolute Gasteiger partial charge is 0.508 e. The van der Waals surface area contributed by atoms with E-state index >= 15 is 0 Å². The molecule has 0 spiro atoms. The van der Waals surface area contributed by atoms with Crippen molar-refractivity contribution in [2.75, 3.05) is 0 Å². The summed E-state index contributed by atoms with van der Waals surface area (Å²) in [6.07, 6.45) is 0. The van der Waals surface area contributed by atoms with E-state index in [0.717, 1.165) is 12.1 Å². The number of aromatic hydroxyl groups is 4. The van der Waals surface area contributed by atoms with Gasteiger partial charge in [-0.05, 0) is 36.4 Å². The van der Waals surface area contributed by atoms with Crippen molar-refractivity contribution < 1.29 is 30.0 Å². The van der Waals surface area contributed by atoms with Crippen LogP contribution < -0.4 is 4.74 Å². The molecule has 2 rings (SSSR count). The quantitative estimate of drug-likeness (QED) is 0.373. The lowest BCUT2D eigenvalue weighted by molar-refractivity contribution is 0.0730. The molecule has 19 heavy (non-hydrogen) atoms. The number of esters is 1. The number of hydrogen-bond donors (Lipinski definition) is 4. The summed E-state index contributed by atoms with van der Waals surface area (Å²) >= 11 is 0. The fourth-order valence-corrected chi connectivity index (χ4v) is 1.41. The molecule has 0 aromatic heterocycles. The molecule has 2 aromatic carbocycles. The second-order valence-electron chi connectivity index (χ2n) is 3.71. The molecule has 0 aliphatic rings. The Morgan fingerprint density at radius 2 is 1.47 bits per heavy atom. The molecule has 6 nitrogen and oxygen atoms in total. The number of hydrogen-bond acceptors (Lipinski definition) is 6. The van der Waals surface area contributed by atoms with Crippen LogP contribution in [0.2, 0.25) is 0 Å². The van der Waals surface area contributed by atoms with Crippen LogP contribution in [0, 0.1) is 0 Å². The summed E-state index contributed by atoms with van der Waals surface area (Å²) in [5, 5.41) is 37.0. The van der Waals surface area contributed by atoms with Gasteiger partial charge < -0.3 is 25.2 Å². The van der Waals surface area contributed by atoms with Crippen LogP contribution in [0.5, 0.6) is 28.7 Å². The monoisotopic (exact) mass is 262 g/mol. The fraction of sp³-hybridized carbons (Fsp3) is 0. The van der Waals surface area contributed by atoms with E-state index < -0.39 is 23.2 Å². The highest BCUT2D eigenvalue weighted by Gasteiger charge is 2.18. The topological polar surface area (TPSA) is 107 Å². The molecule has 0 amide bonds. The van der Waals surface area contributed by atoms with Crippen molar-refractivity contribution >= 4 is 5.97 Å². The zero-order chi connectivity index (χ0) is 14.0. The Hall–Kier alpha value is -2.89. The van der Waals surface area contributed by atoms with Gasteiger partial charge in [-0.25, -0.2) is 4.79 Å². The van der Waals surface area contributed by atoms with Crippen LogP contribution in [0.3, 0.4) is 0 Å². The first-order chi connectivity index (χ1) is 8.99. The van der Waals surface area contributed by atoms with Gasteiger partial charge in [0.2, 0.25) is 5.75 Å². The maximum atomic E-state index is 11.7. The van der Waals surface area contributed by atoms with Gasteiger partial charge in [0.05, 0.1) is 0 Å². The van der Waals surface area contributed by atoms with Crippen molar-refractivity contribution in [3.63, 3.8) is 0 Å². The molecular formula is C13H10O6. The minimum atomic E-state index is -0.904. The summed E-state index contributed by atoms with van der Waals surface area (Å²) < 4.78 is 4.93. The normalized spacial score (nSPS) is 10.1. The van der Waals surface area contributed by atoms with E-state index in [9.17, 15) is 15.0 Å². The van der Waals surface area contributed by atoms with Crippen molar-refractivity contribution in [2.24, 2.45) is 0 Å². The predicted octanol–water partition coefficient (Wildman–Crippen LogP) is 1.73. The Labute approximate surface area is 107 Å². The molecule has 0 bridgehead atoms. The molecule has 0 saturated carbocycles. The number of carbonyl (C=O) groups excluding carboxylic acids is 1. The van der Waals surface area contributed by atoms with Crippen molar-refractivity contribution in [2.45, 2.75) is 0 Å². The van der Waals surface area contributed by atoms with Gasteiger partial charge in [-0.15, -0.1) is 0 Å². The number of phenols is 4. The van der Waals surface area contributed by atoms with E-state index in [1.165, 1.54) is 24.3 Å². The number of benzene rings is 2. The first-order valence-corrected chi connectivity index (χ1v) is 5.24. The molecule has 0 aliphatic carbocycles. The zero-order valence-electron chi connectivity index (χ0n) is 9.57. The highest BCUT2D eigenvalue weighted by Crippen LogP contribution is 2.37. The number of carbonyl (C=O) groups is 1. The Morgan fingerprint density at radius 3 is 2.11 bits per heavy atom. The first-order valence-electron chi connectivity index (χ1n) is 5.24. The molecule has 0 aliphatic heterocycles. The molecule has 0 atom stereocenters. The van der Waals surface area contributed by atoms with Crippen molar-refractivity contribution in [1.29, 1.82) is 0 Å². The molecule has 0 fully saturated rings. The van der Waals surface area contributed by atoms with Crippen LogP contribution in [-0.4, -0.2) is 26.4 Å². The van der Waals surface area contributed by atoms with Crippen LogP contribution in [0.1, 0.15) is 10.4 Å². The van der Waals surface area contributed by atoms with Crippen molar-refractivity contribution in [3.8, 4) is 28.7 Å². The Morgan fingerprint density at radius 1 is 0.842 bits per heavy atom. The zero-order valence-corrected chi connectivity index (χ0v) is 9.57. The van der Waals surface area contributed by atoms with Crippen LogP contribution in [0.15, 0.2) is 36.4 Å². The first kappa shape index (κ1) is 12.6. The lowest BCUT2D eigenvalue weighted by Crippen LogP contribution is -2.08. The summed E-state index contributed by atoms with van der Waals surface area (Å²) in [5.74, 6) is -2.82. The standard InChI is InChI=1S/C13H10O6/c14-7-1-3-8(4-2-7)19-13(18)9-5-6-10(15)12(17)11(9)16/h1-6,14-17H. The van der Waals surface area contributed by atoms with E-state index in [2.05, 4.69) is 0 Å². The molecule has 0 unspecified atom stereocenters. The summed E-state index contributed by atoms with van der Waals surface area (Å²) in [4.78, 5) is 11.7. The molecule has 4 N–H and O–H groups in total. The average molecular weight is 262 g/mol. The Balaban J connectivity index is 2.25. The van der Waals surface area contributed by atoms with E-state index in [1.807, 2.05) is 0 Å². The van der Waals surface area contributed by atoms with Gasteiger partial charge in [-0.2, -0.15) is 0 Å². The average Bonchev–Trinajstić information content (AvgIpc) is 2.39. The van der Waals surface area contributed by atoms with E-state index in [1.54, 1.807) is 0 Å². The molecule has 0 radical (unpaired) electrons. The van der Waals surface area contributed by atoms with Gasteiger partial charge in [0.25, 0.3) is 0 Å².